The molecular weight excluding hydrogens is 266 g/mol. The van der Waals surface area contributed by atoms with E-state index in [1.807, 2.05) is 0 Å². The van der Waals surface area contributed by atoms with Crippen LogP contribution in [0.15, 0.2) is 24.3 Å². The zero-order chi connectivity index (χ0) is 14.7. The van der Waals surface area contributed by atoms with Crippen LogP contribution in [-0.2, 0) is 4.74 Å². The molecule has 112 valence electrons. The molecule has 0 bridgehead atoms. The monoisotopic (exact) mass is 285 g/mol. The Bertz CT molecular complexity index is 425. The maximum atomic E-state index is 10.0. The standard InChI is InChI=1S/C13H19NO6/c1-19-8-4-2-7(3-5-8)14-10-11(16)9(6-15)20-13(18)12(10)17/h2-5,9-18H,6H2,1H3/t9-,10+,11+,12-,13-/m1/s1. The van der Waals surface area contributed by atoms with Crippen molar-refractivity contribution < 1.29 is 29.9 Å². The molecule has 1 aromatic rings. The Kier molecular flexibility index (Phi) is 4.79. The van der Waals surface area contributed by atoms with Gasteiger partial charge in [0.15, 0.2) is 6.29 Å². The third-order valence-electron chi connectivity index (χ3n) is 3.33. The van der Waals surface area contributed by atoms with Gasteiger partial charge in [-0.2, -0.15) is 0 Å². The smallest absolute Gasteiger partial charge is 0.183 e. The third-order valence-corrected chi connectivity index (χ3v) is 3.33. The van der Waals surface area contributed by atoms with Crippen LogP contribution in [0.25, 0.3) is 0 Å². The summed E-state index contributed by atoms with van der Waals surface area (Å²) >= 11 is 0. The van der Waals surface area contributed by atoms with Gasteiger partial charge in [-0.15, -0.1) is 0 Å². The van der Waals surface area contributed by atoms with Crippen LogP contribution >= 0.6 is 0 Å². The lowest BCUT2D eigenvalue weighted by Gasteiger charge is -2.40. The van der Waals surface area contributed by atoms with Crippen molar-refractivity contribution in [1.82, 2.24) is 0 Å². The van der Waals surface area contributed by atoms with Crippen LogP contribution in [0.3, 0.4) is 0 Å². The first kappa shape index (κ1) is 15.0. The van der Waals surface area contributed by atoms with E-state index < -0.39 is 37.3 Å². The lowest BCUT2D eigenvalue weighted by molar-refractivity contribution is -0.255. The van der Waals surface area contributed by atoms with Gasteiger partial charge in [0.1, 0.15) is 24.1 Å². The molecule has 0 spiro atoms. The fraction of sp³-hybridized carbons (Fsp3) is 0.538. The second-order valence-corrected chi connectivity index (χ2v) is 4.63. The summed E-state index contributed by atoms with van der Waals surface area (Å²) in [5.74, 6) is 0.678. The van der Waals surface area contributed by atoms with E-state index in [1.54, 1.807) is 31.4 Å². The molecular formula is C13H19NO6. The quantitative estimate of drug-likeness (QED) is 0.478. The minimum Gasteiger partial charge on any atom is -0.497 e. The highest BCUT2D eigenvalue weighted by molar-refractivity contribution is 5.47. The molecule has 0 aromatic heterocycles. The van der Waals surface area contributed by atoms with Gasteiger partial charge in [-0.3, -0.25) is 0 Å². The molecule has 1 aromatic carbocycles. The average molecular weight is 285 g/mol. The Morgan fingerprint density at radius 2 is 1.80 bits per heavy atom. The van der Waals surface area contributed by atoms with E-state index in [2.05, 4.69) is 5.32 Å². The zero-order valence-corrected chi connectivity index (χ0v) is 11.0. The Balaban J connectivity index is 2.11. The summed E-state index contributed by atoms with van der Waals surface area (Å²) in [4.78, 5) is 0. The number of hydrogen-bond donors (Lipinski definition) is 5. The maximum Gasteiger partial charge on any atom is 0.183 e. The summed E-state index contributed by atoms with van der Waals surface area (Å²) in [5.41, 5.74) is 0.639. The summed E-state index contributed by atoms with van der Waals surface area (Å²) in [6, 6.07) is 6.02. The van der Waals surface area contributed by atoms with Crippen LogP contribution < -0.4 is 10.1 Å². The average Bonchev–Trinajstić information content (AvgIpc) is 2.48. The van der Waals surface area contributed by atoms with Crippen molar-refractivity contribution in [2.45, 2.75) is 30.6 Å². The second kappa shape index (κ2) is 6.38. The first-order valence-electron chi connectivity index (χ1n) is 6.28. The molecule has 5 atom stereocenters. The van der Waals surface area contributed by atoms with E-state index in [4.69, 9.17) is 14.6 Å². The van der Waals surface area contributed by atoms with Gasteiger partial charge in [0.05, 0.1) is 19.8 Å². The highest BCUT2D eigenvalue weighted by Crippen LogP contribution is 2.24. The molecule has 1 fully saturated rings. The predicted molar refractivity (Wildman–Crippen MR) is 70.4 cm³/mol. The molecule has 20 heavy (non-hydrogen) atoms. The van der Waals surface area contributed by atoms with E-state index in [0.717, 1.165) is 0 Å². The van der Waals surface area contributed by atoms with E-state index in [-0.39, 0.29) is 0 Å². The Morgan fingerprint density at radius 1 is 1.15 bits per heavy atom. The molecule has 1 aliphatic heterocycles. The molecule has 0 amide bonds. The van der Waals surface area contributed by atoms with E-state index in [0.29, 0.717) is 11.4 Å². The number of benzene rings is 1. The second-order valence-electron chi connectivity index (χ2n) is 4.63. The van der Waals surface area contributed by atoms with Crippen LogP contribution in [0.2, 0.25) is 0 Å². The minimum atomic E-state index is -1.47. The molecule has 5 N–H and O–H groups in total. The number of nitrogens with one attached hydrogen (secondary N) is 1. The summed E-state index contributed by atoms with van der Waals surface area (Å²) in [7, 11) is 1.55. The molecule has 2 rings (SSSR count). The number of anilines is 1. The number of ether oxygens (including phenoxy) is 2. The topological polar surface area (TPSA) is 111 Å². The molecule has 0 saturated carbocycles. The summed E-state index contributed by atoms with van der Waals surface area (Å²) in [5, 5.41) is 41.5. The van der Waals surface area contributed by atoms with E-state index >= 15 is 0 Å². The van der Waals surface area contributed by atoms with Crippen LogP contribution in [0, 0.1) is 0 Å². The van der Waals surface area contributed by atoms with Gasteiger partial charge in [0.2, 0.25) is 0 Å². The van der Waals surface area contributed by atoms with Gasteiger partial charge < -0.3 is 35.2 Å². The molecule has 0 radical (unpaired) electrons. The molecule has 1 saturated heterocycles. The van der Waals surface area contributed by atoms with Crippen LogP contribution in [0.1, 0.15) is 0 Å². The number of rotatable bonds is 4. The summed E-state index contributed by atoms with van der Waals surface area (Å²) in [6.45, 7) is -0.453. The molecule has 1 heterocycles. The number of hydrogen-bond acceptors (Lipinski definition) is 7. The fourth-order valence-electron chi connectivity index (χ4n) is 2.15. The highest BCUT2D eigenvalue weighted by atomic mass is 16.6. The van der Waals surface area contributed by atoms with E-state index in [1.165, 1.54) is 0 Å². The van der Waals surface area contributed by atoms with Crippen LogP contribution in [0.5, 0.6) is 5.75 Å². The normalized spacial score (nSPS) is 33.8. The largest absolute Gasteiger partial charge is 0.497 e. The molecule has 7 heteroatoms. The van der Waals surface area contributed by atoms with Crippen LogP contribution in [0.4, 0.5) is 5.69 Å². The summed E-state index contributed by atoms with van der Waals surface area (Å²) < 4.78 is 9.94. The van der Waals surface area contributed by atoms with Gasteiger partial charge in [0, 0.05) is 5.69 Å². The lowest BCUT2D eigenvalue weighted by atomic mass is 9.96. The predicted octanol–water partition coefficient (Wildman–Crippen LogP) is -1.09. The van der Waals surface area contributed by atoms with Crippen molar-refractivity contribution in [3.8, 4) is 5.75 Å². The maximum absolute atomic E-state index is 10.0. The first-order chi connectivity index (χ1) is 9.56. The summed E-state index contributed by atoms with van der Waals surface area (Å²) in [6.07, 6.45) is -4.88. The molecule has 7 nitrogen and oxygen atoms in total. The first-order valence-corrected chi connectivity index (χ1v) is 6.28. The van der Waals surface area contributed by atoms with Gasteiger partial charge in [-0.25, -0.2) is 0 Å². The Labute approximate surface area is 116 Å². The van der Waals surface area contributed by atoms with E-state index in [9.17, 15) is 15.3 Å². The van der Waals surface area contributed by atoms with Crippen molar-refractivity contribution >= 4 is 5.69 Å². The van der Waals surface area contributed by atoms with Crippen molar-refractivity contribution in [1.29, 1.82) is 0 Å². The van der Waals surface area contributed by atoms with Crippen molar-refractivity contribution in [2.24, 2.45) is 0 Å². The minimum absolute atomic E-state index is 0.453. The van der Waals surface area contributed by atoms with Crippen molar-refractivity contribution in [3.63, 3.8) is 0 Å². The SMILES string of the molecule is COc1ccc(N[C@@H]2[C@@H](O)[C@H](O)O[C@H](CO)[C@@H]2O)cc1. The molecule has 0 aliphatic carbocycles. The Hall–Kier alpha value is -1.38. The fourth-order valence-corrected chi connectivity index (χ4v) is 2.15. The van der Waals surface area contributed by atoms with Gasteiger partial charge >= 0.3 is 0 Å². The van der Waals surface area contributed by atoms with Gasteiger partial charge in [0.25, 0.3) is 0 Å². The van der Waals surface area contributed by atoms with Crippen LogP contribution in [-0.4, -0.2) is 64.8 Å². The lowest BCUT2D eigenvalue weighted by Crippen LogP contribution is -2.61. The third kappa shape index (κ3) is 3.02. The number of methoxy groups -OCH3 is 1. The van der Waals surface area contributed by atoms with Gasteiger partial charge in [-0.05, 0) is 24.3 Å². The molecule has 1 aliphatic rings. The highest BCUT2D eigenvalue weighted by Gasteiger charge is 2.43. The van der Waals surface area contributed by atoms with Crippen molar-refractivity contribution in [2.75, 3.05) is 19.0 Å². The number of aliphatic hydroxyl groups is 4. The zero-order valence-electron chi connectivity index (χ0n) is 11.0. The number of aliphatic hydroxyl groups excluding tert-OH is 4. The Morgan fingerprint density at radius 3 is 2.35 bits per heavy atom. The van der Waals surface area contributed by atoms with Gasteiger partial charge in [-0.1, -0.05) is 0 Å². The molecule has 0 unspecified atom stereocenters. The van der Waals surface area contributed by atoms with Crippen molar-refractivity contribution in [3.05, 3.63) is 24.3 Å².